The molecule has 0 N–H and O–H groups in total. The number of esters is 2. The average molecular weight is 320 g/mol. The van der Waals surface area contributed by atoms with Crippen LogP contribution in [0.5, 0.6) is 5.75 Å². The van der Waals surface area contributed by atoms with Crippen LogP contribution in [-0.4, -0.2) is 18.0 Å². The number of hydrogen-bond acceptors (Lipinski definition) is 4. The molecule has 0 amide bonds. The lowest BCUT2D eigenvalue weighted by Gasteiger charge is -2.13. The number of ether oxygens (including phenoxy) is 2. The maximum atomic E-state index is 12.0. The Morgan fingerprint density at radius 3 is 2.22 bits per heavy atom. The van der Waals surface area contributed by atoms with Gasteiger partial charge < -0.3 is 9.47 Å². The van der Waals surface area contributed by atoms with Gasteiger partial charge in [-0.3, -0.25) is 4.79 Å². The van der Waals surface area contributed by atoms with Crippen LogP contribution in [0.25, 0.3) is 0 Å². The highest BCUT2D eigenvalue weighted by molar-refractivity contribution is 5.89. The highest BCUT2D eigenvalue weighted by Gasteiger charge is 2.12. The third-order valence-corrected chi connectivity index (χ3v) is 3.62. The normalized spacial score (nSPS) is 11.8. The molecule has 0 aliphatic carbocycles. The molecule has 4 heteroatoms. The van der Waals surface area contributed by atoms with Crippen molar-refractivity contribution < 1.29 is 19.1 Å². The molecule has 0 aromatic heterocycles. The van der Waals surface area contributed by atoms with E-state index in [9.17, 15) is 9.59 Å². The highest BCUT2D eigenvalue weighted by Crippen LogP contribution is 2.15. The van der Waals surface area contributed by atoms with Gasteiger partial charge in [0, 0.05) is 6.92 Å². The van der Waals surface area contributed by atoms with Crippen LogP contribution in [0.15, 0.2) is 24.3 Å². The minimum Gasteiger partial charge on any atom is -0.459 e. The molecule has 0 spiro atoms. The van der Waals surface area contributed by atoms with Gasteiger partial charge in [0.1, 0.15) is 5.75 Å². The molecule has 0 radical (unpaired) electrons. The molecule has 1 unspecified atom stereocenters. The third-order valence-electron chi connectivity index (χ3n) is 3.62. The summed E-state index contributed by atoms with van der Waals surface area (Å²) in [5.74, 6) is -0.292. The Balaban J connectivity index is 2.30. The number of carbonyl (C=O) groups is 2. The predicted molar refractivity (Wildman–Crippen MR) is 90.6 cm³/mol. The van der Waals surface area contributed by atoms with E-state index in [4.69, 9.17) is 9.47 Å². The second-order valence-corrected chi connectivity index (χ2v) is 5.89. The first kappa shape index (κ1) is 19.2. The van der Waals surface area contributed by atoms with Crippen LogP contribution in [-0.2, 0) is 9.53 Å². The molecule has 1 atom stereocenters. The molecular weight excluding hydrogens is 292 g/mol. The van der Waals surface area contributed by atoms with Crippen LogP contribution >= 0.6 is 0 Å². The molecule has 1 rings (SSSR count). The standard InChI is InChI=1S/C19H28O4/c1-4-5-6-7-8-9-10-15(2)22-19(21)17-11-13-18(14-12-17)23-16(3)20/h11-15H,4-10H2,1-3H3. The summed E-state index contributed by atoms with van der Waals surface area (Å²) in [4.78, 5) is 22.9. The molecule has 0 saturated heterocycles. The van der Waals surface area contributed by atoms with Crippen LogP contribution in [0.4, 0.5) is 0 Å². The molecule has 128 valence electrons. The summed E-state index contributed by atoms with van der Waals surface area (Å²) >= 11 is 0. The summed E-state index contributed by atoms with van der Waals surface area (Å²) < 4.78 is 10.4. The SMILES string of the molecule is CCCCCCCCC(C)OC(=O)c1ccc(OC(C)=O)cc1. The van der Waals surface area contributed by atoms with E-state index in [1.165, 1.54) is 39.0 Å². The second kappa shape index (κ2) is 10.8. The number of carbonyl (C=O) groups excluding carboxylic acids is 2. The molecule has 1 aromatic rings. The van der Waals surface area contributed by atoms with Gasteiger partial charge in [0.25, 0.3) is 0 Å². The minimum absolute atomic E-state index is 0.0816. The molecule has 4 nitrogen and oxygen atoms in total. The summed E-state index contributed by atoms with van der Waals surface area (Å²) in [6, 6.07) is 6.41. The molecule has 1 aromatic carbocycles. The molecule has 0 heterocycles. The molecule has 0 saturated carbocycles. The fourth-order valence-electron chi connectivity index (χ4n) is 2.35. The van der Waals surface area contributed by atoms with Crippen molar-refractivity contribution in [3.8, 4) is 5.75 Å². The van der Waals surface area contributed by atoms with Crippen LogP contribution in [0.2, 0.25) is 0 Å². The fourth-order valence-corrected chi connectivity index (χ4v) is 2.35. The van der Waals surface area contributed by atoms with Gasteiger partial charge >= 0.3 is 11.9 Å². The first-order chi connectivity index (χ1) is 11.0. The fraction of sp³-hybridized carbons (Fsp3) is 0.579. The van der Waals surface area contributed by atoms with Crippen molar-refractivity contribution in [1.82, 2.24) is 0 Å². The smallest absolute Gasteiger partial charge is 0.338 e. The molecule has 23 heavy (non-hydrogen) atoms. The van der Waals surface area contributed by atoms with Crippen molar-refractivity contribution in [2.24, 2.45) is 0 Å². The first-order valence-corrected chi connectivity index (χ1v) is 8.52. The van der Waals surface area contributed by atoms with Gasteiger partial charge in [0.05, 0.1) is 11.7 Å². The Hall–Kier alpha value is -1.84. The van der Waals surface area contributed by atoms with Gasteiger partial charge in [0.15, 0.2) is 0 Å². The van der Waals surface area contributed by atoms with Crippen molar-refractivity contribution in [2.45, 2.75) is 71.8 Å². The van der Waals surface area contributed by atoms with E-state index in [2.05, 4.69) is 6.92 Å². The van der Waals surface area contributed by atoms with E-state index in [0.717, 1.165) is 12.8 Å². The van der Waals surface area contributed by atoms with Crippen LogP contribution in [0, 0.1) is 0 Å². The van der Waals surface area contributed by atoms with Crippen LogP contribution < -0.4 is 4.74 Å². The lowest BCUT2D eigenvalue weighted by atomic mass is 10.1. The van der Waals surface area contributed by atoms with Gasteiger partial charge in [-0.2, -0.15) is 0 Å². The zero-order chi connectivity index (χ0) is 17.1. The number of benzene rings is 1. The van der Waals surface area contributed by atoms with Crippen molar-refractivity contribution in [3.63, 3.8) is 0 Å². The summed E-state index contributed by atoms with van der Waals surface area (Å²) in [5.41, 5.74) is 0.468. The predicted octanol–water partition coefficient (Wildman–Crippen LogP) is 4.91. The summed E-state index contributed by atoms with van der Waals surface area (Å²) in [5, 5.41) is 0. The Kier molecular flexibility index (Phi) is 9.03. The largest absolute Gasteiger partial charge is 0.459 e. The Morgan fingerprint density at radius 2 is 1.61 bits per heavy atom. The number of rotatable bonds is 10. The molecule has 0 fully saturated rings. The molecular formula is C19H28O4. The van der Waals surface area contributed by atoms with Crippen molar-refractivity contribution in [3.05, 3.63) is 29.8 Å². The van der Waals surface area contributed by atoms with Crippen LogP contribution in [0.1, 0.15) is 76.1 Å². The zero-order valence-electron chi connectivity index (χ0n) is 14.5. The molecule has 0 aliphatic heterocycles. The van der Waals surface area contributed by atoms with Crippen molar-refractivity contribution in [2.75, 3.05) is 0 Å². The summed E-state index contributed by atoms with van der Waals surface area (Å²) in [7, 11) is 0. The van der Waals surface area contributed by atoms with Gasteiger partial charge in [-0.25, -0.2) is 4.79 Å². The Labute approximate surface area is 139 Å². The average Bonchev–Trinajstić information content (AvgIpc) is 2.50. The summed E-state index contributed by atoms with van der Waals surface area (Å²) in [6.07, 6.45) is 8.19. The number of unbranched alkanes of at least 4 members (excludes halogenated alkanes) is 5. The topological polar surface area (TPSA) is 52.6 Å². The number of hydrogen-bond donors (Lipinski definition) is 0. The maximum Gasteiger partial charge on any atom is 0.338 e. The van der Waals surface area contributed by atoms with Gasteiger partial charge in [0.2, 0.25) is 0 Å². The zero-order valence-corrected chi connectivity index (χ0v) is 14.5. The van der Waals surface area contributed by atoms with Crippen molar-refractivity contribution in [1.29, 1.82) is 0 Å². The van der Waals surface area contributed by atoms with E-state index in [1.807, 2.05) is 6.92 Å². The third kappa shape index (κ3) is 8.38. The second-order valence-electron chi connectivity index (χ2n) is 5.89. The molecule has 0 aliphatic rings. The lowest BCUT2D eigenvalue weighted by molar-refractivity contribution is -0.131. The Bertz CT molecular complexity index is 479. The van der Waals surface area contributed by atoms with E-state index >= 15 is 0 Å². The van der Waals surface area contributed by atoms with Crippen molar-refractivity contribution >= 4 is 11.9 Å². The molecule has 0 bridgehead atoms. The van der Waals surface area contributed by atoms with E-state index in [0.29, 0.717) is 11.3 Å². The lowest BCUT2D eigenvalue weighted by Crippen LogP contribution is -2.15. The highest BCUT2D eigenvalue weighted by atomic mass is 16.5. The van der Waals surface area contributed by atoms with E-state index in [1.54, 1.807) is 24.3 Å². The monoisotopic (exact) mass is 320 g/mol. The Morgan fingerprint density at radius 1 is 1.00 bits per heavy atom. The quantitative estimate of drug-likeness (QED) is 0.349. The van der Waals surface area contributed by atoms with Gasteiger partial charge in [-0.15, -0.1) is 0 Å². The minimum atomic E-state index is -0.382. The summed E-state index contributed by atoms with van der Waals surface area (Å²) in [6.45, 7) is 5.48. The van der Waals surface area contributed by atoms with Crippen LogP contribution in [0.3, 0.4) is 0 Å². The van der Waals surface area contributed by atoms with E-state index < -0.39 is 0 Å². The van der Waals surface area contributed by atoms with E-state index in [-0.39, 0.29) is 18.0 Å². The van der Waals surface area contributed by atoms with Gasteiger partial charge in [-0.1, -0.05) is 39.0 Å². The van der Waals surface area contributed by atoms with Gasteiger partial charge in [-0.05, 0) is 44.0 Å². The first-order valence-electron chi connectivity index (χ1n) is 8.52. The maximum absolute atomic E-state index is 12.0.